The summed E-state index contributed by atoms with van der Waals surface area (Å²) < 4.78 is 12.3. The fraction of sp³-hybridized carbons (Fsp3) is 0.167. The smallest absolute Gasteiger partial charge is 0.144 e. The van der Waals surface area contributed by atoms with E-state index in [1.165, 1.54) is 6.07 Å². The zero-order chi connectivity index (χ0) is 5.98. The molecule has 0 spiro atoms. The zero-order valence-corrected chi connectivity index (χ0v) is 6.68. The molecule has 3 heteroatoms. The van der Waals surface area contributed by atoms with E-state index in [1.54, 1.807) is 19.2 Å². The van der Waals surface area contributed by atoms with E-state index < -0.39 is 0 Å². The number of rotatable bonds is 0. The molecule has 50 valence electrons. The Morgan fingerprint density at radius 2 is 2.22 bits per heavy atom. The van der Waals surface area contributed by atoms with Gasteiger partial charge >= 0.3 is 0 Å². The number of nitrogens with zero attached hydrogens (tertiary/aromatic N) is 1. The van der Waals surface area contributed by atoms with Gasteiger partial charge in [-0.1, -0.05) is 0 Å². The minimum atomic E-state index is -0.243. The van der Waals surface area contributed by atoms with Gasteiger partial charge in [0.05, 0.1) is 5.69 Å². The first kappa shape index (κ1) is 8.56. The molecule has 1 aromatic heterocycles. The number of aryl methyl sites for hydroxylation is 1. The Balaban J connectivity index is 0.000000640. The minimum Gasteiger partial charge on any atom is -0.259 e. The molecule has 9 heavy (non-hydrogen) atoms. The zero-order valence-electron chi connectivity index (χ0n) is 4.97. The van der Waals surface area contributed by atoms with Crippen LogP contribution in [0.3, 0.4) is 0 Å². The molecule has 0 radical (unpaired) electrons. The van der Waals surface area contributed by atoms with E-state index in [9.17, 15) is 4.39 Å². The van der Waals surface area contributed by atoms with Gasteiger partial charge in [0.25, 0.3) is 0 Å². The van der Waals surface area contributed by atoms with Crippen molar-refractivity contribution in [2.24, 2.45) is 0 Å². The molecule has 0 amide bonds. The molecule has 0 atom stereocenters. The van der Waals surface area contributed by atoms with Gasteiger partial charge in [-0.25, -0.2) is 4.39 Å². The topological polar surface area (TPSA) is 12.9 Å². The van der Waals surface area contributed by atoms with Crippen molar-refractivity contribution in [3.63, 3.8) is 0 Å². The van der Waals surface area contributed by atoms with Gasteiger partial charge in [-0.05, 0) is 19.1 Å². The highest BCUT2D eigenvalue weighted by atomic mass is 79.9. The van der Waals surface area contributed by atoms with E-state index in [-0.39, 0.29) is 22.8 Å². The van der Waals surface area contributed by atoms with Crippen LogP contribution in [-0.2, 0) is 0 Å². The molecule has 1 aromatic rings. The Kier molecular flexibility index (Phi) is 3.39. The fourth-order valence-corrected chi connectivity index (χ4v) is 0.465. The van der Waals surface area contributed by atoms with Gasteiger partial charge in [-0.3, -0.25) is 4.98 Å². The van der Waals surface area contributed by atoms with Crippen molar-refractivity contribution in [3.05, 3.63) is 29.8 Å². The lowest BCUT2D eigenvalue weighted by Crippen LogP contribution is -1.82. The fourth-order valence-electron chi connectivity index (χ4n) is 0.465. The van der Waals surface area contributed by atoms with Crippen molar-refractivity contribution in [1.82, 2.24) is 4.98 Å². The molecule has 0 saturated heterocycles. The van der Waals surface area contributed by atoms with E-state index in [2.05, 4.69) is 4.98 Å². The lowest BCUT2D eigenvalue weighted by molar-refractivity contribution is 0.610. The highest BCUT2D eigenvalue weighted by Gasteiger charge is 1.90. The second kappa shape index (κ2) is 3.56. The average molecular weight is 192 g/mol. The molecule has 1 rings (SSSR count). The molecular formula is C6H7BrFN. The molecule has 0 aromatic carbocycles. The summed E-state index contributed by atoms with van der Waals surface area (Å²) in [6, 6.07) is 2.96. The van der Waals surface area contributed by atoms with Crippen molar-refractivity contribution in [1.29, 1.82) is 0 Å². The van der Waals surface area contributed by atoms with Crippen LogP contribution in [0.15, 0.2) is 18.3 Å². The van der Waals surface area contributed by atoms with Gasteiger partial charge in [0.2, 0.25) is 0 Å². The van der Waals surface area contributed by atoms with Crippen molar-refractivity contribution in [3.8, 4) is 0 Å². The van der Waals surface area contributed by atoms with Crippen LogP contribution in [-0.4, -0.2) is 4.98 Å². The van der Waals surface area contributed by atoms with E-state index >= 15 is 0 Å². The first-order valence-corrected chi connectivity index (χ1v) is 2.38. The van der Waals surface area contributed by atoms with Crippen molar-refractivity contribution in [2.45, 2.75) is 6.92 Å². The van der Waals surface area contributed by atoms with Gasteiger partial charge < -0.3 is 0 Å². The molecule has 0 unspecified atom stereocenters. The first-order chi connectivity index (χ1) is 3.80. The molecule has 0 saturated carbocycles. The number of hydrogen-bond acceptors (Lipinski definition) is 1. The summed E-state index contributed by atoms with van der Waals surface area (Å²) in [7, 11) is 0. The van der Waals surface area contributed by atoms with Gasteiger partial charge in [-0.2, -0.15) is 0 Å². The van der Waals surface area contributed by atoms with Gasteiger partial charge in [-0.15, -0.1) is 17.0 Å². The Morgan fingerprint density at radius 3 is 2.56 bits per heavy atom. The Hall–Kier alpha value is -0.440. The highest BCUT2D eigenvalue weighted by molar-refractivity contribution is 8.93. The third-order valence-corrected chi connectivity index (χ3v) is 0.942. The maximum absolute atomic E-state index is 12.3. The Morgan fingerprint density at radius 1 is 1.56 bits per heavy atom. The summed E-state index contributed by atoms with van der Waals surface area (Å²) in [5.74, 6) is -0.243. The molecule has 0 N–H and O–H groups in total. The summed E-state index contributed by atoms with van der Waals surface area (Å²) in [4.78, 5) is 3.70. The van der Waals surface area contributed by atoms with E-state index in [4.69, 9.17) is 0 Å². The van der Waals surface area contributed by atoms with Crippen molar-refractivity contribution >= 4 is 17.0 Å². The third-order valence-electron chi connectivity index (χ3n) is 0.942. The molecule has 0 aliphatic heterocycles. The maximum Gasteiger partial charge on any atom is 0.144 e. The van der Waals surface area contributed by atoms with E-state index in [0.717, 1.165) is 0 Å². The van der Waals surface area contributed by atoms with E-state index in [1.807, 2.05) is 0 Å². The average Bonchev–Trinajstić information content (AvgIpc) is 1.77. The largest absolute Gasteiger partial charge is 0.259 e. The summed E-state index contributed by atoms with van der Waals surface area (Å²) in [6.45, 7) is 1.63. The Bertz CT molecular complexity index is 169. The Labute approximate surface area is 63.7 Å². The molecule has 0 aliphatic rings. The summed E-state index contributed by atoms with van der Waals surface area (Å²) in [5.41, 5.74) is 0.451. The van der Waals surface area contributed by atoms with Crippen LogP contribution >= 0.6 is 17.0 Å². The van der Waals surface area contributed by atoms with Gasteiger partial charge in [0.15, 0.2) is 0 Å². The lowest BCUT2D eigenvalue weighted by Gasteiger charge is -1.88. The third kappa shape index (κ3) is 2.10. The van der Waals surface area contributed by atoms with Crippen LogP contribution in [0, 0.1) is 12.7 Å². The maximum atomic E-state index is 12.3. The first-order valence-electron chi connectivity index (χ1n) is 2.38. The minimum absolute atomic E-state index is 0. The summed E-state index contributed by atoms with van der Waals surface area (Å²) >= 11 is 0. The monoisotopic (exact) mass is 191 g/mol. The molecular weight excluding hydrogens is 185 g/mol. The number of hydrogen-bond donors (Lipinski definition) is 0. The van der Waals surface area contributed by atoms with Crippen LogP contribution in [0.2, 0.25) is 0 Å². The molecule has 0 aliphatic carbocycles. The number of pyridine rings is 1. The summed E-state index contributed by atoms with van der Waals surface area (Å²) in [6.07, 6.45) is 1.57. The van der Waals surface area contributed by atoms with Gasteiger partial charge in [0.1, 0.15) is 5.82 Å². The van der Waals surface area contributed by atoms with Crippen LogP contribution in [0.5, 0.6) is 0 Å². The van der Waals surface area contributed by atoms with E-state index in [0.29, 0.717) is 5.69 Å². The SMILES string of the molecule is Br.Cc1ncccc1F. The standard InChI is InChI=1S/C6H6FN.BrH/c1-5-6(7)3-2-4-8-5;/h2-4H,1H3;1H. The second-order valence-corrected chi connectivity index (χ2v) is 1.57. The predicted octanol–water partition coefficient (Wildman–Crippen LogP) is 2.11. The van der Waals surface area contributed by atoms with Crippen LogP contribution < -0.4 is 0 Å². The second-order valence-electron chi connectivity index (χ2n) is 1.57. The molecule has 1 heterocycles. The highest BCUT2D eigenvalue weighted by Crippen LogP contribution is 1.97. The van der Waals surface area contributed by atoms with Crippen molar-refractivity contribution < 1.29 is 4.39 Å². The van der Waals surface area contributed by atoms with Crippen LogP contribution in [0.1, 0.15) is 5.69 Å². The predicted molar refractivity (Wildman–Crippen MR) is 39.3 cm³/mol. The van der Waals surface area contributed by atoms with Gasteiger partial charge in [0, 0.05) is 6.20 Å². The molecule has 0 bridgehead atoms. The van der Waals surface area contributed by atoms with Crippen LogP contribution in [0.4, 0.5) is 4.39 Å². The summed E-state index contributed by atoms with van der Waals surface area (Å²) in [5, 5.41) is 0. The lowest BCUT2D eigenvalue weighted by atomic mass is 10.4. The normalized spacial score (nSPS) is 8.22. The molecule has 0 fully saturated rings. The van der Waals surface area contributed by atoms with Crippen LogP contribution in [0.25, 0.3) is 0 Å². The number of halogens is 2. The quantitative estimate of drug-likeness (QED) is 0.613. The van der Waals surface area contributed by atoms with Crippen molar-refractivity contribution in [2.75, 3.05) is 0 Å². The number of aromatic nitrogens is 1. The molecule has 1 nitrogen and oxygen atoms in total.